The highest BCUT2D eigenvalue weighted by molar-refractivity contribution is 7.12. The molecule has 2 rings (SSSR count). The molecule has 0 unspecified atom stereocenters. The molecule has 1 aliphatic rings. The number of carbonyl (C=O) groups is 4. The highest BCUT2D eigenvalue weighted by Gasteiger charge is 2.17. The van der Waals surface area contributed by atoms with E-state index in [1.807, 2.05) is 0 Å². The van der Waals surface area contributed by atoms with Crippen LogP contribution in [0.2, 0.25) is 0 Å². The Morgan fingerprint density at radius 2 is 1.92 bits per heavy atom. The molecule has 0 atom stereocenters. The summed E-state index contributed by atoms with van der Waals surface area (Å²) in [4.78, 5) is 46.9. The molecular weight excluding hydrogens is 346 g/mol. The van der Waals surface area contributed by atoms with E-state index in [0.29, 0.717) is 4.88 Å². The third kappa shape index (κ3) is 6.92. The lowest BCUT2D eigenvalue weighted by Crippen LogP contribution is -2.46. The number of nitrogens with one attached hydrogen (secondary N) is 3. The highest BCUT2D eigenvalue weighted by atomic mass is 32.1. The van der Waals surface area contributed by atoms with Gasteiger partial charge in [-0.3, -0.25) is 19.7 Å². The van der Waals surface area contributed by atoms with Crippen LogP contribution in [0, 0.1) is 0 Å². The molecule has 8 nitrogen and oxygen atoms in total. The Morgan fingerprint density at radius 1 is 1.16 bits per heavy atom. The fourth-order valence-corrected chi connectivity index (χ4v) is 3.12. The Bertz CT molecular complexity index is 611. The van der Waals surface area contributed by atoms with Gasteiger partial charge in [-0.05, 0) is 24.3 Å². The van der Waals surface area contributed by atoms with Gasteiger partial charge in [0.2, 0.25) is 0 Å². The molecule has 0 aliphatic heterocycles. The Kier molecular flexibility index (Phi) is 7.39. The summed E-state index contributed by atoms with van der Waals surface area (Å²) in [5.74, 6) is -1.86. The minimum absolute atomic E-state index is 0.0802. The molecular formula is C16H21N3O5S. The van der Waals surface area contributed by atoms with E-state index in [4.69, 9.17) is 4.74 Å². The third-order valence-electron chi connectivity index (χ3n) is 3.70. The van der Waals surface area contributed by atoms with Crippen LogP contribution in [-0.4, -0.2) is 43.0 Å². The highest BCUT2D eigenvalue weighted by Crippen LogP contribution is 2.17. The van der Waals surface area contributed by atoms with Crippen molar-refractivity contribution in [1.29, 1.82) is 0 Å². The molecule has 0 bridgehead atoms. The van der Waals surface area contributed by atoms with Crippen LogP contribution in [-0.2, 0) is 14.3 Å². The summed E-state index contributed by atoms with van der Waals surface area (Å²) in [7, 11) is 0. The van der Waals surface area contributed by atoms with Crippen molar-refractivity contribution in [2.24, 2.45) is 0 Å². The second kappa shape index (κ2) is 9.77. The van der Waals surface area contributed by atoms with Crippen LogP contribution in [0.5, 0.6) is 0 Å². The maximum atomic E-state index is 11.7. The molecule has 0 spiro atoms. The van der Waals surface area contributed by atoms with Gasteiger partial charge in [-0.2, -0.15) is 0 Å². The van der Waals surface area contributed by atoms with Gasteiger partial charge in [-0.15, -0.1) is 11.3 Å². The van der Waals surface area contributed by atoms with E-state index in [9.17, 15) is 19.2 Å². The zero-order valence-corrected chi connectivity index (χ0v) is 14.5. The summed E-state index contributed by atoms with van der Waals surface area (Å²) in [6.45, 7) is -0.927. The van der Waals surface area contributed by atoms with E-state index in [0.717, 1.165) is 32.1 Å². The zero-order valence-electron chi connectivity index (χ0n) is 13.7. The van der Waals surface area contributed by atoms with Gasteiger partial charge >= 0.3 is 12.0 Å². The van der Waals surface area contributed by atoms with Crippen molar-refractivity contribution in [3.63, 3.8) is 0 Å². The number of hydrogen-bond donors (Lipinski definition) is 3. The summed E-state index contributed by atoms with van der Waals surface area (Å²) in [6.07, 6.45) is 5.10. The minimum atomic E-state index is -0.757. The normalized spacial score (nSPS) is 14.4. The molecule has 1 aliphatic carbocycles. The first-order valence-corrected chi connectivity index (χ1v) is 9.00. The monoisotopic (exact) mass is 367 g/mol. The van der Waals surface area contributed by atoms with Crippen LogP contribution in [0.3, 0.4) is 0 Å². The number of hydrogen-bond acceptors (Lipinski definition) is 6. The summed E-state index contributed by atoms with van der Waals surface area (Å²) in [5, 5.41) is 8.98. The second-order valence-electron chi connectivity index (χ2n) is 5.68. The van der Waals surface area contributed by atoms with Crippen molar-refractivity contribution in [3.8, 4) is 0 Å². The van der Waals surface area contributed by atoms with Crippen LogP contribution in [0.4, 0.5) is 4.79 Å². The Morgan fingerprint density at radius 3 is 2.60 bits per heavy atom. The predicted octanol–water partition coefficient (Wildman–Crippen LogP) is 1.18. The van der Waals surface area contributed by atoms with Gasteiger partial charge in [-0.1, -0.05) is 25.3 Å². The Balaban J connectivity index is 1.59. The molecule has 1 aromatic rings. The first-order chi connectivity index (χ1) is 12.0. The van der Waals surface area contributed by atoms with Crippen molar-refractivity contribution < 1.29 is 23.9 Å². The quantitative estimate of drug-likeness (QED) is 0.654. The van der Waals surface area contributed by atoms with Gasteiger partial charge < -0.3 is 15.4 Å². The Hall–Kier alpha value is -2.42. The van der Waals surface area contributed by atoms with E-state index in [2.05, 4.69) is 16.0 Å². The number of urea groups is 1. The molecule has 25 heavy (non-hydrogen) atoms. The van der Waals surface area contributed by atoms with Crippen LogP contribution in [0.15, 0.2) is 17.5 Å². The molecule has 0 aromatic carbocycles. The molecule has 1 fully saturated rings. The molecule has 3 N–H and O–H groups in total. The van der Waals surface area contributed by atoms with Crippen LogP contribution < -0.4 is 16.0 Å². The lowest BCUT2D eigenvalue weighted by atomic mass is 9.96. The zero-order chi connectivity index (χ0) is 18.1. The second-order valence-corrected chi connectivity index (χ2v) is 6.62. The number of carbonyl (C=O) groups excluding carboxylic acids is 4. The van der Waals surface area contributed by atoms with Crippen molar-refractivity contribution in [2.45, 2.75) is 38.1 Å². The lowest BCUT2D eigenvalue weighted by molar-refractivity contribution is -0.147. The number of rotatable bonds is 6. The van der Waals surface area contributed by atoms with E-state index in [1.165, 1.54) is 11.3 Å². The van der Waals surface area contributed by atoms with Gasteiger partial charge in [0, 0.05) is 6.04 Å². The van der Waals surface area contributed by atoms with E-state index in [1.54, 1.807) is 17.5 Å². The van der Waals surface area contributed by atoms with E-state index in [-0.39, 0.29) is 18.5 Å². The summed E-state index contributed by atoms with van der Waals surface area (Å²) in [6, 6.07) is 2.85. The SMILES string of the molecule is O=C(COC(=O)CNC(=O)c1cccs1)NC(=O)NC1CCCCC1. The van der Waals surface area contributed by atoms with Crippen molar-refractivity contribution in [1.82, 2.24) is 16.0 Å². The fraction of sp³-hybridized carbons (Fsp3) is 0.500. The molecule has 1 saturated carbocycles. The first kappa shape index (κ1) is 18.9. The molecule has 1 aromatic heterocycles. The molecule has 9 heteroatoms. The van der Waals surface area contributed by atoms with Gasteiger partial charge in [-0.25, -0.2) is 4.79 Å². The summed E-state index contributed by atoms with van der Waals surface area (Å²) in [5.41, 5.74) is 0. The van der Waals surface area contributed by atoms with Gasteiger partial charge in [0.25, 0.3) is 11.8 Å². The van der Waals surface area contributed by atoms with Gasteiger partial charge in [0.05, 0.1) is 4.88 Å². The number of esters is 1. The van der Waals surface area contributed by atoms with Gasteiger partial charge in [0.15, 0.2) is 6.61 Å². The molecule has 136 valence electrons. The van der Waals surface area contributed by atoms with E-state index < -0.39 is 24.5 Å². The standard InChI is InChI=1S/C16H21N3O5S/c20-13(19-16(23)18-11-5-2-1-3-6-11)10-24-14(21)9-17-15(22)12-7-4-8-25-12/h4,7-8,11H,1-3,5-6,9-10H2,(H,17,22)(H2,18,19,20,23). The smallest absolute Gasteiger partial charge is 0.325 e. The molecule has 1 heterocycles. The lowest BCUT2D eigenvalue weighted by Gasteiger charge is -2.22. The number of amides is 4. The minimum Gasteiger partial charge on any atom is -0.454 e. The topological polar surface area (TPSA) is 114 Å². The third-order valence-corrected chi connectivity index (χ3v) is 4.56. The summed E-state index contributed by atoms with van der Waals surface area (Å²) < 4.78 is 4.72. The number of thiophene rings is 1. The maximum absolute atomic E-state index is 11.7. The molecule has 4 amide bonds. The van der Waals surface area contributed by atoms with Crippen LogP contribution in [0.1, 0.15) is 41.8 Å². The van der Waals surface area contributed by atoms with Crippen LogP contribution in [0.25, 0.3) is 0 Å². The molecule has 0 saturated heterocycles. The average molecular weight is 367 g/mol. The fourth-order valence-electron chi connectivity index (χ4n) is 2.48. The maximum Gasteiger partial charge on any atom is 0.325 e. The van der Waals surface area contributed by atoms with Gasteiger partial charge in [0.1, 0.15) is 6.54 Å². The van der Waals surface area contributed by atoms with Crippen molar-refractivity contribution >= 4 is 35.2 Å². The Labute approximate surface area is 149 Å². The largest absolute Gasteiger partial charge is 0.454 e. The number of ether oxygens (including phenoxy) is 1. The first-order valence-electron chi connectivity index (χ1n) is 8.12. The predicted molar refractivity (Wildman–Crippen MR) is 91.2 cm³/mol. The molecule has 0 radical (unpaired) electrons. The average Bonchev–Trinajstić information content (AvgIpc) is 3.13. The van der Waals surface area contributed by atoms with Crippen molar-refractivity contribution in [2.75, 3.05) is 13.2 Å². The summed E-state index contributed by atoms with van der Waals surface area (Å²) >= 11 is 1.25. The van der Waals surface area contributed by atoms with Crippen molar-refractivity contribution in [3.05, 3.63) is 22.4 Å². The van der Waals surface area contributed by atoms with Crippen LogP contribution >= 0.6 is 11.3 Å². The van der Waals surface area contributed by atoms with E-state index >= 15 is 0 Å². The number of imide groups is 1.